The Kier molecular flexibility index (Phi) is 4.82. The van der Waals surface area contributed by atoms with Crippen molar-refractivity contribution in [3.8, 4) is 0 Å². The maximum absolute atomic E-state index is 11.2. The van der Waals surface area contributed by atoms with Crippen LogP contribution in [0.15, 0.2) is 24.3 Å². The molecule has 0 aliphatic carbocycles. The molecule has 0 aliphatic heterocycles. The van der Waals surface area contributed by atoms with Crippen LogP contribution in [0.2, 0.25) is 0 Å². The molecule has 0 saturated heterocycles. The highest BCUT2D eigenvalue weighted by Crippen LogP contribution is 2.15. The summed E-state index contributed by atoms with van der Waals surface area (Å²) in [6.45, 7) is 2.35. The van der Waals surface area contributed by atoms with Gasteiger partial charge in [0.1, 0.15) is 0 Å². The van der Waals surface area contributed by atoms with Gasteiger partial charge in [0.25, 0.3) is 5.69 Å². The third kappa shape index (κ3) is 3.46. The average molecular weight is 304 g/mol. The molecule has 2 aromatic rings. The Morgan fingerprint density at radius 3 is 2.59 bits per heavy atom. The second-order valence-corrected chi connectivity index (χ2v) is 4.87. The van der Waals surface area contributed by atoms with Gasteiger partial charge in [-0.3, -0.25) is 10.1 Å². The quantitative estimate of drug-likeness (QED) is 0.620. The lowest BCUT2D eigenvalue weighted by Crippen LogP contribution is -2.09. The number of carboxylic acid groups (broad SMARTS) is 1. The summed E-state index contributed by atoms with van der Waals surface area (Å²) in [5.74, 6) is -1.10. The highest BCUT2D eigenvalue weighted by atomic mass is 16.6. The standard InChI is InChI=1S/C14H16N4O4/c1-2-3-4-12-13(14(19)20)15-16-17(12)9-10-5-7-11(8-6-10)18(21)22/h5-8H,2-4,9H2,1H3,(H,19,20). The van der Waals surface area contributed by atoms with Gasteiger partial charge in [0.05, 0.1) is 17.2 Å². The lowest BCUT2D eigenvalue weighted by molar-refractivity contribution is -0.384. The Hall–Kier alpha value is -2.77. The molecule has 22 heavy (non-hydrogen) atoms. The van der Waals surface area contributed by atoms with Gasteiger partial charge in [-0.15, -0.1) is 5.10 Å². The van der Waals surface area contributed by atoms with Crippen LogP contribution in [0.4, 0.5) is 5.69 Å². The second kappa shape index (κ2) is 6.79. The third-order valence-electron chi connectivity index (χ3n) is 3.29. The minimum atomic E-state index is -1.10. The van der Waals surface area contributed by atoms with Crippen molar-refractivity contribution in [1.29, 1.82) is 0 Å². The average Bonchev–Trinajstić information content (AvgIpc) is 2.88. The fourth-order valence-electron chi connectivity index (χ4n) is 2.11. The number of hydrogen-bond acceptors (Lipinski definition) is 5. The van der Waals surface area contributed by atoms with Gasteiger partial charge in [-0.25, -0.2) is 9.48 Å². The van der Waals surface area contributed by atoms with Crippen LogP contribution in [0, 0.1) is 10.1 Å². The zero-order valence-corrected chi connectivity index (χ0v) is 12.1. The van der Waals surface area contributed by atoms with Gasteiger partial charge in [-0.2, -0.15) is 0 Å². The first-order valence-electron chi connectivity index (χ1n) is 6.92. The second-order valence-electron chi connectivity index (χ2n) is 4.87. The number of aromatic nitrogens is 3. The number of carboxylic acids is 1. The molecule has 0 spiro atoms. The van der Waals surface area contributed by atoms with E-state index in [1.165, 1.54) is 12.1 Å². The van der Waals surface area contributed by atoms with E-state index in [-0.39, 0.29) is 11.4 Å². The van der Waals surface area contributed by atoms with Gasteiger partial charge in [0, 0.05) is 12.1 Å². The molecule has 0 radical (unpaired) electrons. The molecular weight excluding hydrogens is 288 g/mol. The maximum atomic E-state index is 11.2. The summed E-state index contributed by atoms with van der Waals surface area (Å²) >= 11 is 0. The van der Waals surface area contributed by atoms with Crippen LogP contribution >= 0.6 is 0 Å². The van der Waals surface area contributed by atoms with Gasteiger partial charge in [-0.05, 0) is 18.4 Å². The molecule has 2 rings (SSSR count). The van der Waals surface area contributed by atoms with E-state index in [2.05, 4.69) is 10.3 Å². The summed E-state index contributed by atoms with van der Waals surface area (Å²) in [6.07, 6.45) is 2.35. The first-order chi connectivity index (χ1) is 10.5. The molecular formula is C14H16N4O4. The van der Waals surface area contributed by atoms with Gasteiger partial charge < -0.3 is 5.11 Å². The number of nitrogens with zero attached hydrogens (tertiary/aromatic N) is 4. The Balaban J connectivity index is 2.24. The minimum absolute atomic E-state index is 0.0137. The SMILES string of the molecule is CCCCc1c(C(=O)O)nnn1Cc1ccc([N+](=O)[O-])cc1. The van der Waals surface area contributed by atoms with E-state index in [0.29, 0.717) is 18.7 Å². The molecule has 0 fully saturated rings. The fraction of sp³-hybridized carbons (Fsp3) is 0.357. The Morgan fingerprint density at radius 2 is 2.05 bits per heavy atom. The normalized spacial score (nSPS) is 10.6. The van der Waals surface area contributed by atoms with Crippen LogP contribution < -0.4 is 0 Å². The molecule has 1 heterocycles. The highest BCUT2D eigenvalue weighted by Gasteiger charge is 2.18. The summed E-state index contributed by atoms with van der Waals surface area (Å²) in [7, 11) is 0. The highest BCUT2D eigenvalue weighted by molar-refractivity contribution is 5.86. The molecule has 1 aromatic heterocycles. The van der Waals surface area contributed by atoms with Crippen molar-refractivity contribution in [2.75, 3.05) is 0 Å². The van der Waals surface area contributed by atoms with Crippen LogP contribution in [0.25, 0.3) is 0 Å². The Bertz CT molecular complexity index is 679. The van der Waals surface area contributed by atoms with Crippen LogP contribution in [-0.2, 0) is 13.0 Å². The van der Waals surface area contributed by atoms with E-state index >= 15 is 0 Å². The number of nitro benzene ring substituents is 1. The number of non-ortho nitro benzene ring substituents is 1. The summed E-state index contributed by atoms with van der Waals surface area (Å²) < 4.78 is 1.54. The van der Waals surface area contributed by atoms with Gasteiger partial charge in [-0.1, -0.05) is 30.7 Å². The van der Waals surface area contributed by atoms with Crippen molar-refractivity contribution < 1.29 is 14.8 Å². The number of rotatable bonds is 7. The first kappa shape index (κ1) is 15.6. The maximum Gasteiger partial charge on any atom is 0.358 e. The first-order valence-corrected chi connectivity index (χ1v) is 6.92. The van der Waals surface area contributed by atoms with E-state index in [4.69, 9.17) is 5.11 Å². The molecule has 8 heteroatoms. The smallest absolute Gasteiger partial charge is 0.358 e. The van der Waals surface area contributed by atoms with Crippen molar-refractivity contribution in [2.45, 2.75) is 32.7 Å². The van der Waals surface area contributed by atoms with E-state index in [0.717, 1.165) is 18.4 Å². The summed E-state index contributed by atoms with van der Waals surface area (Å²) in [5.41, 5.74) is 1.35. The molecule has 116 valence electrons. The number of aromatic carboxylic acids is 1. The van der Waals surface area contributed by atoms with Crippen molar-refractivity contribution in [3.05, 3.63) is 51.3 Å². The van der Waals surface area contributed by atoms with E-state index in [1.54, 1.807) is 16.8 Å². The summed E-state index contributed by atoms with van der Waals surface area (Å²) in [5, 5.41) is 27.4. The summed E-state index contributed by atoms with van der Waals surface area (Å²) in [4.78, 5) is 21.3. The van der Waals surface area contributed by atoms with Gasteiger partial charge >= 0.3 is 5.97 Å². The molecule has 0 amide bonds. The van der Waals surface area contributed by atoms with Crippen LogP contribution in [-0.4, -0.2) is 31.0 Å². The predicted octanol–water partition coefficient (Wildman–Crippen LogP) is 2.28. The number of hydrogen-bond donors (Lipinski definition) is 1. The monoisotopic (exact) mass is 304 g/mol. The molecule has 0 bridgehead atoms. The van der Waals surface area contributed by atoms with Gasteiger partial charge in [0.2, 0.25) is 0 Å². The molecule has 0 atom stereocenters. The van der Waals surface area contributed by atoms with E-state index in [9.17, 15) is 14.9 Å². The number of unbranched alkanes of at least 4 members (excludes halogenated alkanes) is 1. The molecule has 0 saturated carbocycles. The number of carbonyl (C=O) groups is 1. The topological polar surface area (TPSA) is 111 Å². The van der Waals surface area contributed by atoms with Crippen LogP contribution in [0.1, 0.15) is 41.5 Å². The lowest BCUT2D eigenvalue weighted by atomic mass is 10.1. The zero-order chi connectivity index (χ0) is 16.1. The van der Waals surface area contributed by atoms with Crippen molar-refractivity contribution in [2.24, 2.45) is 0 Å². The third-order valence-corrected chi connectivity index (χ3v) is 3.29. The molecule has 1 aromatic carbocycles. The van der Waals surface area contributed by atoms with E-state index in [1.807, 2.05) is 6.92 Å². The van der Waals surface area contributed by atoms with E-state index < -0.39 is 10.9 Å². The fourth-order valence-corrected chi connectivity index (χ4v) is 2.11. The molecule has 0 aliphatic rings. The number of benzene rings is 1. The van der Waals surface area contributed by atoms with Gasteiger partial charge in [0.15, 0.2) is 5.69 Å². The Morgan fingerprint density at radius 1 is 1.36 bits per heavy atom. The number of nitro groups is 1. The minimum Gasteiger partial charge on any atom is -0.476 e. The molecule has 8 nitrogen and oxygen atoms in total. The molecule has 0 unspecified atom stereocenters. The van der Waals surface area contributed by atoms with Crippen molar-refractivity contribution in [3.63, 3.8) is 0 Å². The zero-order valence-electron chi connectivity index (χ0n) is 12.1. The Labute approximate surface area is 126 Å². The van der Waals surface area contributed by atoms with Crippen molar-refractivity contribution >= 4 is 11.7 Å². The largest absolute Gasteiger partial charge is 0.476 e. The summed E-state index contributed by atoms with van der Waals surface area (Å²) in [6, 6.07) is 6.08. The lowest BCUT2D eigenvalue weighted by Gasteiger charge is -2.06. The molecule has 1 N–H and O–H groups in total. The predicted molar refractivity (Wildman–Crippen MR) is 77.8 cm³/mol. The van der Waals surface area contributed by atoms with Crippen LogP contribution in [0.5, 0.6) is 0 Å². The van der Waals surface area contributed by atoms with Crippen molar-refractivity contribution in [1.82, 2.24) is 15.0 Å². The van der Waals surface area contributed by atoms with Crippen LogP contribution in [0.3, 0.4) is 0 Å².